The fourth-order valence-electron chi connectivity index (χ4n) is 2.06. The van der Waals surface area contributed by atoms with Crippen LogP contribution in [-0.4, -0.2) is 36.6 Å². The highest BCUT2D eigenvalue weighted by atomic mass is 15.2. The third kappa shape index (κ3) is 4.63. The summed E-state index contributed by atoms with van der Waals surface area (Å²) in [5.74, 6) is 0. The zero-order valence-electron chi connectivity index (χ0n) is 10.8. The van der Waals surface area contributed by atoms with Crippen LogP contribution in [-0.2, 0) is 0 Å². The molecule has 0 aromatic rings. The van der Waals surface area contributed by atoms with Gasteiger partial charge >= 0.3 is 0 Å². The summed E-state index contributed by atoms with van der Waals surface area (Å²) in [5, 5.41) is 12.4. The van der Waals surface area contributed by atoms with Gasteiger partial charge in [-0.05, 0) is 33.4 Å². The third-order valence-electron chi connectivity index (χ3n) is 2.95. The van der Waals surface area contributed by atoms with E-state index in [1.807, 2.05) is 13.8 Å². The largest absolute Gasteiger partial charge is 0.301 e. The second kappa shape index (κ2) is 6.81. The Morgan fingerprint density at radius 1 is 1.33 bits per heavy atom. The number of hydrogen-bond donors (Lipinski definition) is 1. The van der Waals surface area contributed by atoms with Crippen LogP contribution in [0.25, 0.3) is 0 Å². The van der Waals surface area contributed by atoms with E-state index in [1.165, 1.54) is 0 Å². The molecule has 0 saturated carbocycles. The lowest BCUT2D eigenvalue weighted by atomic mass is 10.0. The first-order chi connectivity index (χ1) is 7.02. The van der Waals surface area contributed by atoms with Gasteiger partial charge < -0.3 is 4.90 Å². The second-order valence-electron chi connectivity index (χ2n) is 4.36. The molecule has 3 heteroatoms. The lowest BCUT2D eigenvalue weighted by Gasteiger charge is -2.33. The Labute approximate surface area is 94.5 Å². The molecule has 0 fully saturated rings. The highest BCUT2D eigenvalue weighted by Crippen LogP contribution is 2.11. The summed E-state index contributed by atoms with van der Waals surface area (Å²) < 4.78 is 0. The normalized spacial score (nSPS) is 15.3. The van der Waals surface area contributed by atoms with Crippen LogP contribution in [0.4, 0.5) is 0 Å². The number of nitriles is 1. The standard InChI is InChI=1S/C12H25N3/c1-6-11(7-2)15(5)10-12(4,9-13)14-8-3/h11,14H,6-8,10H2,1-5H3. The Bertz CT molecular complexity index is 205. The summed E-state index contributed by atoms with van der Waals surface area (Å²) in [4.78, 5) is 2.28. The quantitative estimate of drug-likeness (QED) is 0.700. The van der Waals surface area contributed by atoms with Crippen LogP contribution in [0.2, 0.25) is 0 Å². The van der Waals surface area contributed by atoms with Gasteiger partial charge in [0.05, 0.1) is 6.07 Å². The van der Waals surface area contributed by atoms with E-state index in [4.69, 9.17) is 5.26 Å². The molecule has 0 aliphatic heterocycles. The van der Waals surface area contributed by atoms with Crippen molar-refractivity contribution in [3.63, 3.8) is 0 Å². The van der Waals surface area contributed by atoms with Crippen molar-refractivity contribution in [2.24, 2.45) is 0 Å². The van der Waals surface area contributed by atoms with Gasteiger partial charge in [0, 0.05) is 12.6 Å². The van der Waals surface area contributed by atoms with Gasteiger partial charge in [-0.3, -0.25) is 5.32 Å². The SMILES string of the molecule is CCNC(C)(C#N)CN(C)C(CC)CC. The zero-order valence-corrected chi connectivity index (χ0v) is 10.8. The topological polar surface area (TPSA) is 39.1 Å². The summed E-state index contributed by atoms with van der Waals surface area (Å²) in [6.07, 6.45) is 2.28. The molecule has 0 radical (unpaired) electrons. The molecule has 0 bridgehead atoms. The minimum Gasteiger partial charge on any atom is -0.301 e. The highest BCUT2D eigenvalue weighted by molar-refractivity contribution is 5.05. The molecule has 1 N–H and O–H groups in total. The molecule has 0 spiro atoms. The molecule has 88 valence electrons. The molecule has 0 aromatic carbocycles. The van der Waals surface area contributed by atoms with Gasteiger partial charge in [0.1, 0.15) is 5.54 Å². The summed E-state index contributed by atoms with van der Waals surface area (Å²) in [7, 11) is 2.10. The Morgan fingerprint density at radius 2 is 1.87 bits per heavy atom. The van der Waals surface area contributed by atoms with Crippen molar-refractivity contribution in [2.45, 2.75) is 52.1 Å². The third-order valence-corrected chi connectivity index (χ3v) is 2.95. The van der Waals surface area contributed by atoms with Crippen molar-refractivity contribution in [1.29, 1.82) is 5.26 Å². The second-order valence-corrected chi connectivity index (χ2v) is 4.36. The Morgan fingerprint density at radius 3 is 2.20 bits per heavy atom. The van der Waals surface area contributed by atoms with E-state index in [1.54, 1.807) is 0 Å². The number of hydrogen-bond acceptors (Lipinski definition) is 3. The maximum atomic E-state index is 9.15. The first kappa shape index (κ1) is 14.4. The van der Waals surface area contributed by atoms with Crippen LogP contribution in [0.3, 0.4) is 0 Å². The lowest BCUT2D eigenvalue weighted by molar-refractivity contribution is 0.189. The van der Waals surface area contributed by atoms with Crippen molar-refractivity contribution in [2.75, 3.05) is 20.1 Å². The number of nitrogens with one attached hydrogen (secondary N) is 1. The van der Waals surface area contributed by atoms with Gasteiger partial charge in [-0.25, -0.2) is 0 Å². The van der Waals surface area contributed by atoms with E-state index in [2.05, 4.69) is 37.2 Å². The van der Waals surface area contributed by atoms with E-state index in [0.29, 0.717) is 6.04 Å². The molecule has 3 nitrogen and oxygen atoms in total. The molecule has 0 amide bonds. The fraction of sp³-hybridized carbons (Fsp3) is 0.917. The average Bonchev–Trinajstić information content (AvgIpc) is 2.20. The van der Waals surface area contributed by atoms with Gasteiger partial charge in [0.25, 0.3) is 0 Å². The van der Waals surface area contributed by atoms with Crippen molar-refractivity contribution >= 4 is 0 Å². The first-order valence-corrected chi connectivity index (χ1v) is 5.89. The predicted octanol–water partition coefficient (Wildman–Crippen LogP) is 2.00. The van der Waals surface area contributed by atoms with E-state index >= 15 is 0 Å². The highest BCUT2D eigenvalue weighted by Gasteiger charge is 2.26. The van der Waals surface area contributed by atoms with Crippen molar-refractivity contribution in [1.82, 2.24) is 10.2 Å². The van der Waals surface area contributed by atoms with Gasteiger partial charge in [-0.2, -0.15) is 5.26 Å². The summed E-state index contributed by atoms with van der Waals surface area (Å²) >= 11 is 0. The van der Waals surface area contributed by atoms with Gasteiger partial charge in [-0.1, -0.05) is 20.8 Å². The van der Waals surface area contributed by atoms with E-state index < -0.39 is 5.54 Å². The Hall–Kier alpha value is -0.590. The minimum absolute atomic E-state index is 0.425. The van der Waals surface area contributed by atoms with Gasteiger partial charge in [0.2, 0.25) is 0 Å². The predicted molar refractivity (Wildman–Crippen MR) is 64.7 cm³/mol. The fourth-order valence-corrected chi connectivity index (χ4v) is 2.06. The molecular weight excluding hydrogens is 186 g/mol. The maximum absolute atomic E-state index is 9.15. The van der Waals surface area contributed by atoms with Crippen molar-refractivity contribution in [3.05, 3.63) is 0 Å². The van der Waals surface area contributed by atoms with Crippen molar-refractivity contribution < 1.29 is 0 Å². The van der Waals surface area contributed by atoms with Gasteiger partial charge in [0.15, 0.2) is 0 Å². The minimum atomic E-state index is -0.425. The average molecular weight is 211 g/mol. The molecule has 1 unspecified atom stereocenters. The van der Waals surface area contributed by atoms with Crippen LogP contribution in [0.5, 0.6) is 0 Å². The number of rotatable bonds is 7. The molecule has 0 aromatic heterocycles. The Balaban J connectivity index is 4.35. The summed E-state index contributed by atoms with van der Waals surface area (Å²) in [6, 6.07) is 2.94. The zero-order chi connectivity index (χ0) is 11.9. The molecule has 0 aliphatic rings. The molecule has 1 atom stereocenters. The molecular formula is C12H25N3. The van der Waals surface area contributed by atoms with E-state index in [-0.39, 0.29) is 0 Å². The van der Waals surface area contributed by atoms with Crippen LogP contribution >= 0.6 is 0 Å². The lowest BCUT2D eigenvalue weighted by Crippen LogP contribution is -2.51. The van der Waals surface area contributed by atoms with Gasteiger partial charge in [-0.15, -0.1) is 0 Å². The molecule has 0 aliphatic carbocycles. The van der Waals surface area contributed by atoms with Crippen LogP contribution in [0, 0.1) is 11.3 Å². The smallest absolute Gasteiger partial charge is 0.116 e. The maximum Gasteiger partial charge on any atom is 0.116 e. The molecule has 0 rings (SSSR count). The molecule has 0 heterocycles. The number of likely N-dealkylation sites (N-methyl/N-ethyl adjacent to an activating group) is 2. The molecule has 15 heavy (non-hydrogen) atoms. The molecule has 0 saturated heterocycles. The first-order valence-electron chi connectivity index (χ1n) is 5.89. The summed E-state index contributed by atoms with van der Waals surface area (Å²) in [6.45, 7) is 10.0. The van der Waals surface area contributed by atoms with Crippen molar-refractivity contribution in [3.8, 4) is 6.07 Å². The van der Waals surface area contributed by atoms with Crippen LogP contribution < -0.4 is 5.32 Å². The van der Waals surface area contributed by atoms with E-state index in [0.717, 1.165) is 25.9 Å². The monoisotopic (exact) mass is 211 g/mol. The van der Waals surface area contributed by atoms with E-state index in [9.17, 15) is 0 Å². The van der Waals surface area contributed by atoms with Crippen LogP contribution in [0.1, 0.15) is 40.5 Å². The number of nitrogens with zero attached hydrogens (tertiary/aromatic N) is 2. The van der Waals surface area contributed by atoms with Crippen LogP contribution in [0.15, 0.2) is 0 Å². The summed E-state index contributed by atoms with van der Waals surface area (Å²) in [5.41, 5.74) is -0.425. The Kier molecular flexibility index (Phi) is 6.55.